The van der Waals surface area contributed by atoms with Crippen molar-refractivity contribution in [2.45, 2.75) is 25.3 Å². The molecule has 19 heavy (non-hydrogen) atoms. The highest BCUT2D eigenvalue weighted by molar-refractivity contribution is 9.10. The molecule has 0 fully saturated rings. The fourth-order valence-electron chi connectivity index (χ4n) is 1.60. The van der Waals surface area contributed by atoms with E-state index in [2.05, 4.69) is 15.9 Å². The zero-order valence-corrected chi connectivity index (χ0v) is 13.9. The maximum atomic E-state index is 12.6. The van der Waals surface area contributed by atoms with Gasteiger partial charge in [0, 0.05) is 0 Å². The minimum atomic E-state index is -3.19. The summed E-state index contributed by atoms with van der Waals surface area (Å²) in [7, 11) is -3.19. The van der Waals surface area contributed by atoms with Crippen molar-refractivity contribution in [1.82, 2.24) is 0 Å². The largest absolute Gasteiger partial charge is 0.494 e. The Balaban J connectivity index is 2.89. The molecule has 0 aliphatic rings. The summed E-state index contributed by atoms with van der Waals surface area (Å²) in [6.07, 6.45) is 0. The Morgan fingerprint density at radius 2 is 1.58 bits per heavy atom. The summed E-state index contributed by atoms with van der Waals surface area (Å²) >= 11 is 3.42. The number of ether oxygens (including phenoxy) is 1. The molecule has 0 saturated heterocycles. The molecular weight excluding hydrogens is 331 g/mol. The van der Waals surface area contributed by atoms with Crippen LogP contribution >= 0.6 is 23.5 Å². The fourth-order valence-corrected chi connectivity index (χ4v) is 4.21. The van der Waals surface area contributed by atoms with Crippen LogP contribution < -0.4 is 4.74 Å². The quantitative estimate of drug-likeness (QED) is 0.501. The molecule has 0 radical (unpaired) electrons. The zero-order chi connectivity index (χ0) is 14.3. The Kier molecular flexibility index (Phi) is 7.08. The van der Waals surface area contributed by atoms with Gasteiger partial charge in [-0.25, -0.2) is 0 Å². The Labute approximate surface area is 123 Å². The van der Waals surface area contributed by atoms with Crippen LogP contribution in [0.25, 0.3) is 0 Å². The van der Waals surface area contributed by atoms with E-state index >= 15 is 0 Å². The minimum Gasteiger partial charge on any atom is -0.494 e. The van der Waals surface area contributed by atoms with Gasteiger partial charge in [0.15, 0.2) is 0 Å². The number of hydrogen-bond donors (Lipinski definition) is 0. The molecule has 0 N–H and O–H groups in total. The zero-order valence-electron chi connectivity index (χ0n) is 11.5. The second-order valence-electron chi connectivity index (χ2n) is 3.71. The van der Waals surface area contributed by atoms with Gasteiger partial charge in [-0.1, -0.05) is 28.1 Å². The van der Waals surface area contributed by atoms with Crippen molar-refractivity contribution in [3.8, 4) is 5.75 Å². The molecule has 0 saturated carbocycles. The molecule has 4 nitrogen and oxygen atoms in total. The molecule has 0 aromatic heterocycles. The first-order chi connectivity index (χ1) is 9.07. The lowest BCUT2D eigenvalue weighted by Gasteiger charge is -2.22. The van der Waals surface area contributed by atoms with Gasteiger partial charge in [-0.3, -0.25) is 4.57 Å². The van der Waals surface area contributed by atoms with Crippen molar-refractivity contribution in [3.05, 3.63) is 29.8 Å². The van der Waals surface area contributed by atoms with E-state index in [0.717, 1.165) is 11.3 Å². The molecule has 108 valence electrons. The highest BCUT2D eigenvalue weighted by Crippen LogP contribution is 2.63. The number of alkyl halides is 1. The number of hydrogen-bond acceptors (Lipinski definition) is 4. The maximum absolute atomic E-state index is 12.6. The Morgan fingerprint density at radius 3 is 2.00 bits per heavy atom. The molecule has 1 aromatic rings. The molecule has 0 aliphatic carbocycles. The molecule has 1 rings (SSSR count). The first-order valence-electron chi connectivity index (χ1n) is 6.33. The number of halogens is 1. The van der Waals surface area contributed by atoms with Crippen LogP contribution in [0.3, 0.4) is 0 Å². The van der Waals surface area contributed by atoms with E-state index in [0.29, 0.717) is 19.8 Å². The highest BCUT2D eigenvalue weighted by atomic mass is 79.9. The van der Waals surface area contributed by atoms with Crippen LogP contribution in [-0.2, 0) is 13.6 Å². The van der Waals surface area contributed by atoms with E-state index in [1.807, 2.05) is 31.2 Å². The summed E-state index contributed by atoms with van der Waals surface area (Å²) < 4.78 is 28.1. The van der Waals surface area contributed by atoms with Gasteiger partial charge in [0.1, 0.15) is 10.3 Å². The average Bonchev–Trinajstić information content (AvgIpc) is 2.40. The molecule has 1 atom stereocenters. The van der Waals surface area contributed by atoms with E-state index in [1.54, 1.807) is 13.8 Å². The lowest BCUT2D eigenvalue weighted by atomic mass is 10.2. The number of benzene rings is 1. The van der Waals surface area contributed by atoms with Crippen LogP contribution in [-0.4, -0.2) is 19.8 Å². The predicted molar refractivity (Wildman–Crippen MR) is 80.1 cm³/mol. The predicted octanol–water partition coefficient (Wildman–Crippen LogP) is 4.74. The fraction of sp³-hybridized carbons (Fsp3) is 0.538. The summed E-state index contributed by atoms with van der Waals surface area (Å²) in [6.45, 7) is 6.83. The molecule has 0 amide bonds. The van der Waals surface area contributed by atoms with Gasteiger partial charge in [0.25, 0.3) is 0 Å². The lowest BCUT2D eigenvalue weighted by molar-refractivity contribution is 0.219. The Morgan fingerprint density at radius 1 is 1.05 bits per heavy atom. The van der Waals surface area contributed by atoms with Gasteiger partial charge >= 0.3 is 7.60 Å². The maximum Gasteiger partial charge on any atom is 0.348 e. The third kappa shape index (κ3) is 4.60. The van der Waals surface area contributed by atoms with E-state index < -0.39 is 12.2 Å². The van der Waals surface area contributed by atoms with E-state index in [9.17, 15) is 4.57 Å². The smallest absolute Gasteiger partial charge is 0.348 e. The molecule has 1 aromatic carbocycles. The molecule has 6 heteroatoms. The van der Waals surface area contributed by atoms with E-state index in [4.69, 9.17) is 13.8 Å². The molecule has 0 aliphatic heterocycles. The second kappa shape index (κ2) is 8.05. The van der Waals surface area contributed by atoms with Crippen molar-refractivity contribution in [2.24, 2.45) is 0 Å². The van der Waals surface area contributed by atoms with Crippen molar-refractivity contribution < 1.29 is 18.3 Å². The minimum absolute atomic E-state index is 0.344. The van der Waals surface area contributed by atoms with Crippen LogP contribution in [0, 0.1) is 0 Å². The summed E-state index contributed by atoms with van der Waals surface area (Å²) in [4.78, 5) is 0. The van der Waals surface area contributed by atoms with Crippen molar-refractivity contribution in [3.63, 3.8) is 0 Å². The molecule has 1 unspecified atom stereocenters. The summed E-state index contributed by atoms with van der Waals surface area (Å²) in [6, 6.07) is 7.40. The summed E-state index contributed by atoms with van der Waals surface area (Å²) in [5.41, 5.74) is 0.841. The topological polar surface area (TPSA) is 44.8 Å². The molecular formula is C13H20BrO4P. The first kappa shape index (κ1) is 16.7. The third-order valence-electron chi connectivity index (χ3n) is 2.36. The van der Waals surface area contributed by atoms with Gasteiger partial charge in [-0.2, -0.15) is 0 Å². The second-order valence-corrected chi connectivity index (χ2v) is 7.45. The van der Waals surface area contributed by atoms with Crippen LogP contribution in [0.1, 0.15) is 30.9 Å². The standard InChI is InChI=1S/C13H20BrO4P/c1-4-16-12-9-7-11(8-10-12)13(14)19(15,17-5-2)18-6-3/h7-10,13H,4-6H2,1-3H3. The van der Waals surface area contributed by atoms with Crippen LogP contribution in [0.2, 0.25) is 0 Å². The van der Waals surface area contributed by atoms with Crippen LogP contribution in [0.5, 0.6) is 5.75 Å². The van der Waals surface area contributed by atoms with Crippen LogP contribution in [0.15, 0.2) is 24.3 Å². The highest BCUT2D eigenvalue weighted by Gasteiger charge is 2.34. The number of rotatable bonds is 8. The SMILES string of the molecule is CCOc1ccc(C(Br)P(=O)(OCC)OCC)cc1. The first-order valence-corrected chi connectivity index (χ1v) is 8.85. The van der Waals surface area contributed by atoms with E-state index in [-0.39, 0.29) is 0 Å². The van der Waals surface area contributed by atoms with Gasteiger partial charge in [-0.15, -0.1) is 0 Å². The molecule has 0 spiro atoms. The third-order valence-corrected chi connectivity index (χ3v) is 6.48. The molecule has 0 heterocycles. The van der Waals surface area contributed by atoms with Crippen LogP contribution in [0.4, 0.5) is 0 Å². The van der Waals surface area contributed by atoms with Crippen molar-refractivity contribution in [2.75, 3.05) is 19.8 Å². The normalized spacial score (nSPS) is 13.3. The van der Waals surface area contributed by atoms with Gasteiger partial charge in [0.05, 0.1) is 19.8 Å². The lowest BCUT2D eigenvalue weighted by Crippen LogP contribution is -2.02. The monoisotopic (exact) mass is 350 g/mol. The summed E-state index contributed by atoms with van der Waals surface area (Å²) in [5, 5.41) is 0. The molecule has 0 bridgehead atoms. The van der Waals surface area contributed by atoms with Crippen molar-refractivity contribution >= 4 is 23.5 Å². The summed E-state index contributed by atoms with van der Waals surface area (Å²) in [5.74, 6) is 0.786. The average molecular weight is 351 g/mol. The Bertz CT molecular complexity index is 411. The van der Waals surface area contributed by atoms with Gasteiger partial charge in [-0.05, 0) is 38.5 Å². The van der Waals surface area contributed by atoms with E-state index in [1.165, 1.54) is 0 Å². The van der Waals surface area contributed by atoms with Crippen molar-refractivity contribution in [1.29, 1.82) is 0 Å². The Hall–Kier alpha value is -0.350. The van der Waals surface area contributed by atoms with Gasteiger partial charge < -0.3 is 13.8 Å². The van der Waals surface area contributed by atoms with Gasteiger partial charge in [0.2, 0.25) is 0 Å².